The summed E-state index contributed by atoms with van der Waals surface area (Å²) in [7, 11) is -4.18. The van der Waals surface area contributed by atoms with Gasteiger partial charge in [-0.05, 0) is 59.7 Å². The number of anilines is 1. The predicted molar refractivity (Wildman–Crippen MR) is 140 cm³/mol. The molecule has 0 N–H and O–H groups in total. The van der Waals surface area contributed by atoms with Crippen molar-refractivity contribution < 1.29 is 18.0 Å². The van der Waals surface area contributed by atoms with E-state index in [1.165, 1.54) is 4.31 Å². The van der Waals surface area contributed by atoms with E-state index in [0.717, 1.165) is 15.7 Å². The molecule has 1 heterocycles. The summed E-state index contributed by atoms with van der Waals surface area (Å²) in [6.07, 6.45) is -0.258. The number of fused-ring (bicyclic) bond motifs is 1. The number of sulfonamides is 1. The number of carbonyl (C=O) groups excluding carboxylic acids is 2. The van der Waals surface area contributed by atoms with Crippen LogP contribution in [-0.4, -0.2) is 30.6 Å². The number of amides is 2. The Hall–Kier alpha value is -3.52. The maximum atomic E-state index is 14.1. The van der Waals surface area contributed by atoms with E-state index < -0.39 is 33.9 Å². The second-order valence-corrected chi connectivity index (χ2v) is 11.0. The van der Waals surface area contributed by atoms with Crippen LogP contribution in [0.2, 0.25) is 5.02 Å². The topological polar surface area (TPSA) is 74.8 Å². The Kier molecular flexibility index (Phi) is 6.38. The molecule has 1 saturated heterocycles. The lowest BCUT2D eigenvalue weighted by atomic mass is 10.1. The zero-order chi connectivity index (χ0) is 25.4. The highest BCUT2D eigenvalue weighted by Gasteiger charge is 2.49. The van der Waals surface area contributed by atoms with Crippen molar-refractivity contribution in [3.63, 3.8) is 0 Å². The van der Waals surface area contributed by atoms with Gasteiger partial charge in [-0.2, -0.15) is 4.31 Å². The monoisotopic (exact) mass is 518 g/mol. The molecule has 0 aromatic heterocycles. The van der Waals surface area contributed by atoms with Crippen LogP contribution in [0.1, 0.15) is 24.9 Å². The summed E-state index contributed by atoms with van der Waals surface area (Å²) >= 11 is 5.97. The van der Waals surface area contributed by atoms with Crippen molar-refractivity contribution in [2.24, 2.45) is 0 Å². The Labute approximate surface area is 214 Å². The van der Waals surface area contributed by atoms with Gasteiger partial charge in [0.1, 0.15) is 6.04 Å². The standard InChI is InChI=1S/C28H23ClN2O4S/c1-19(20-7-3-2-4-8-20)31(36(34,35)25-16-11-21-9-5-6-10-22(21)17-25)26-18-27(32)30(28(26)33)24-14-12-23(29)13-15-24/h2-17,19,26H,18H2,1H3. The van der Waals surface area contributed by atoms with Gasteiger partial charge in [0.2, 0.25) is 15.9 Å². The number of benzene rings is 4. The average molecular weight is 519 g/mol. The Morgan fingerprint density at radius 3 is 2.19 bits per heavy atom. The zero-order valence-corrected chi connectivity index (χ0v) is 21.0. The summed E-state index contributed by atoms with van der Waals surface area (Å²) < 4.78 is 29.5. The van der Waals surface area contributed by atoms with E-state index in [9.17, 15) is 18.0 Å². The summed E-state index contributed by atoms with van der Waals surface area (Å²) in [6, 6.07) is 25.9. The van der Waals surface area contributed by atoms with Crippen LogP contribution in [0.3, 0.4) is 0 Å². The van der Waals surface area contributed by atoms with Gasteiger partial charge in [-0.25, -0.2) is 13.3 Å². The van der Waals surface area contributed by atoms with E-state index in [1.54, 1.807) is 49.4 Å². The lowest BCUT2D eigenvalue weighted by molar-refractivity contribution is -0.122. The summed E-state index contributed by atoms with van der Waals surface area (Å²) in [5.74, 6) is -1.05. The van der Waals surface area contributed by atoms with Crippen molar-refractivity contribution in [3.8, 4) is 0 Å². The summed E-state index contributed by atoms with van der Waals surface area (Å²) in [6.45, 7) is 1.73. The number of nitrogens with zero attached hydrogens (tertiary/aromatic N) is 2. The van der Waals surface area contributed by atoms with E-state index in [0.29, 0.717) is 16.3 Å². The Morgan fingerprint density at radius 2 is 1.50 bits per heavy atom. The summed E-state index contributed by atoms with van der Waals surface area (Å²) in [5, 5.41) is 2.13. The van der Waals surface area contributed by atoms with Gasteiger partial charge < -0.3 is 0 Å². The van der Waals surface area contributed by atoms with Crippen LogP contribution < -0.4 is 4.90 Å². The van der Waals surface area contributed by atoms with Gasteiger partial charge in [-0.1, -0.05) is 72.3 Å². The van der Waals surface area contributed by atoms with Crippen LogP contribution >= 0.6 is 11.6 Å². The molecular formula is C28H23ClN2O4S. The molecular weight excluding hydrogens is 496 g/mol. The number of carbonyl (C=O) groups is 2. The lowest BCUT2D eigenvalue weighted by Gasteiger charge is -2.32. The summed E-state index contributed by atoms with van der Waals surface area (Å²) in [4.78, 5) is 27.8. The molecule has 0 spiro atoms. The third-order valence-corrected chi connectivity index (χ3v) is 8.70. The maximum absolute atomic E-state index is 14.1. The van der Waals surface area contributed by atoms with Crippen molar-refractivity contribution in [2.75, 3.05) is 4.90 Å². The Balaban J connectivity index is 1.61. The van der Waals surface area contributed by atoms with Gasteiger partial charge >= 0.3 is 0 Å². The Morgan fingerprint density at radius 1 is 0.861 bits per heavy atom. The van der Waals surface area contributed by atoms with Crippen LogP contribution in [0.5, 0.6) is 0 Å². The molecule has 2 unspecified atom stereocenters. The number of hydrogen-bond donors (Lipinski definition) is 0. The molecule has 0 aliphatic carbocycles. The molecule has 8 heteroatoms. The highest BCUT2D eigenvalue weighted by molar-refractivity contribution is 7.89. The van der Waals surface area contributed by atoms with Crippen LogP contribution in [0, 0.1) is 0 Å². The number of halogens is 1. The van der Waals surface area contributed by atoms with Gasteiger partial charge in [0, 0.05) is 11.1 Å². The molecule has 0 saturated carbocycles. The molecule has 1 fully saturated rings. The van der Waals surface area contributed by atoms with E-state index in [-0.39, 0.29) is 11.3 Å². The number of hydrogen-bond acceptors (Lipinski definition) is 4. The molecule has 0 bridgehead atoms. The van der Waals surface area contributed by atoms with Crippen LogP contribution in [0.15, 0.2) is 102 Å². The van der Waals surface area contributed by atoms with Crippen molar-refractivity contribution in [2.45, 2.75) is 30.3 Å². The smallest absolute Gasteiger partial charge is 0.252 e. The molecule has 0 radical (unpaired) electrons. The molecule has 36 heavy (non-hydrogen) atoms. The molecule has 2 atom stereocenters. The first-order valence-electron chi connectivity index (χ1n) is 11.5. The van der Waals surface area contributed by atoms with E-state index in [4.69, 9.17) is 11.6 Å². The number of imide groups is 1. The highest BCUT2D eigenvalue weighted by Crippen LogP contribution is 2.36. The zero-order valence-electron chi connectivity index (χ0n) is 19.4. The largest absolute Gasteiger partial charge is 0.274 e. The third-order valence-electron chi connectivity index (χ3n) is 6.47. The second kappa shape index (κ2) is 9.50. The van der Waals surface area contributed by atoms with Crippen LogP contribution in [0.25, 0.3) is 10.8 Å². The van der Waals surface area contributed by atoms with Gasteiger partial charge in [-0.15, -0.1) is 0 Å². The Bertz CT molecular complexity index is 1560. The minimum absolute atomic E-state index is 0.0640. The highest BCUT2D eigenvalue weighted by atomic mass is 35.5. The fraction of sp³-hybridized carbons (Fsp3) is 0.143. The first-order chi connectivity index (χ1) is 17.3. The molecule has 5 rings (SSSR count). The van der Waals surface area contributed by atoms with Gasteiger partial charge in [-0.3, -0.25) is 9.59 Å². The van der Waals surface area contributed by atoms with Crippen molar-refractivity contribution in [1.82, 2.24) is 4.31 Å². The minimum Gasteiger partial charge on any atom is -0.274 e. The summed E-state index contributed by atoms with van der Waals surface area (Å²) in [5.41, 5.74) is 1.07. The lowest BCUT2D eigenvalue weighted by Crippen LogP contribution is -2.46. The van der Waals surface area contributed by atoms with Crippen molar-refractivity contribution in [3.05, 3.63) is 108 Å². The van der Waals surface area contributed by atoms with E-state index in [2.05, 4.69) is 0 Å². The van der Waals surface area contributed by atoms with Crippen LogP contribution in [-0.2, 0) is 19.6 Å². The molecule has 182 valence electrons. The quantitative estimate of drug-likeness (QED) is 0.312. The fourth-order valence-electron chi connectivity index (χ4n) is 4.65. The van der Waals surface area contributed by atoms with Crippen molar-refractivity contribution in [1.29, 1.82) is 0 Å². The predicted octanol–water partition coefficient (Wildman–Crippen LogP) is 5.58. The number of rotatable bonds is 6. The van der Waals surface area contributed by atoms with Gasteiger partial charge in [0.25, 0.3) is 5.91 Å². The minimum atomic E-state index is -4.18. The molecule has 1 aliphatic rings. The molecule has 4 aromatic rings. The maximum Gasteiger partial charge on any atom is 0.252 e. The first-order valence-corrected chi connectivity index (χ1v) is 13.3. The first kappa shape index (κ1) is 24.2. The van der Waals surface area contributed by atoms with E-state index >= 15 is 0 Å². The third kappa shape index (κ3) is 4.30. The fourth-order valence-corrected chi connectivity index (χ4v) is 6.57. The van der Waals surface area contributed by atoms with E-state index in [1.807, 2.05) is 54.6 Å². The molecule has 4 aromatic carbocycles. The van der Waals surface area contributed by atoms with Crippen molar-refractivity contribution >= 4 is 49.9 Å². The molecule has 1 aliphatic heterocycles. The second-order valence-electron chi connectivity index (χ2n) is 8.69. The molecule has 2 amide bonds. The van der Waals surface area contributed by atoms with Gasteiger partial charge in [0.05, 0.1) is 17.0 Å². The SMILES string of the molecule is CC(c1ccccc1)N(C1CC(=O)N(c2ccc(Cl)cc2)C1=O)S(=O)(=O)c1ccc2ccccc2c1. The average Bonchev–Trinajstić information content (AvgIpc) is 3.17. The van der Waals surface area contributed by atoms with Gasteiger partial charge in [0.15, 0.2) is 0 Å². The normalized spacial score (nSPS) is 17.2. The molecule has 6 nitrogen and oxygen atoms in total. The van der Waals surface area contributed by atoms with Crippen LogP contribution in [0.4, 0.5) is 5.69 Å².